The second kappa shape index (κ2) is 9.73. The molecule has 2 aliphatic heterocycles. The third-order valence-electron chi connectivity index (χ3n) is 6.69. The molecule has 0 saturated carbocycles. The summed E-state index contributed by atoms with van der Waals surface area (Å²) in [6, 6.07) is 13.7. The number of pyridine rings is 3. The zero-order valence-electron chi connectivity index (χ0n) is 20.3. The average Bonchev–Trinajstić information content (AvgIpc) is 3.08. The van der Waals surface area contributed by atoms with Crippen molar-refractivity contribution in [2.45, 2.75) is 30.6 Å². The van der Waals surface area contributed by atoms with E-state index in [9.17, 15) is 17.6 Å². The van der Waals surface area contributed by atoms with Crippen molar-refractivity contribution in [1.82, 2.24) is 20.3 Å². The van der Waals surface area contributed by atoms with Gasteiger partial charge in [-0.3, -0.25) is 9.78 Å². The van der Waals surface area contributed by atoms with Crippen LogP contribution in [0, 0.1) is 0 Å². The van der Waals surface area contributed by atoms with Crippen molar-refractivity contribution in [3.63, 3.8) is 0 Å². The maximum atomic E-state index is 14.5. The molecular weight excluding hydrogens is 509 g/mol. The number of fused-ring (bicyclic) bond motifs is 3. The Morgan fingerprint density at radius 1 is 1.13 bits per heavy atom. The normalized spacial score (nSPS) is 18.3. The lowest BCUT2D eigenvalue weighted by atomic mass is 10.0. The zero-order valence-corrected chi connectivity index (χ0v) is 21.1. The molecule has 1 amide bonds. The number of alkyl halides is 1. The van der Waals surface area contributed by atoms with Gasteiger partial charge in [0.15, 0.2) is 9.84 Å². The van der Waals surface area contributed by atoms with E-state index >= 15 is 0 Å². The second-order valence-corrected chi connectivity index (χ2v) is 11.4. The number of halogens is 1. The Morgan fingerprint density at radius 3 is 2.92 bits per heavy atom. The summed E-state index contributed by atoms with van der Waals surface area (Å²) in [6.07, 6.45) is 2.65. The molecule has 0 spiro atoms. The van der Waals surface area contributed by atoms with Gasteiger partial charge in [-0.1, -0.05) is 12.1 Å². The summed E-state index contributed by atoms with van der Waals surface area (Å²) in [5.74, 6) is 0.744. The highest BCUT2D eigenvalue weighted by Crippen LogP contribution is 2.32. The van der Waals surface area contributed by atoms with Crippen molar-refractivity contribution in [1.29, 1.82) is 0 Å². The molecule has 9 nitrogen and oxygen atoms in total. The Morgan fingerprint density at radius 2 is 2.03 bits per heavy atom. The Balaban J connectivity index is 1.22. The van der Waals surface area contributed by atoms with Gasteiger partial charge in [-0.25, -0.2) is 22.8 Å². The van der Waals surface area contributed by atoms with Crippen molar-refractivity contribution in [3.8, 4) is 0 Å². The Labute approximate surface area is 218 Å². The standard InChI is InChI=1S/C27H24FN5O4S/c28-21-10-17-2-1-7-29-26(17)33(15-21)25-6-5-19-13-30-22(12-23(19)32-25)14-31-27(34)18-3-4-20-16-37-8-9-38(35,36)24(20)11-18/h1-7,11-13,21H,8-10,14-16H2,(H,31,34). The first kappa shape index (κ1) is 24.4. The number of hydrogen-bond donors (Lipinski definition) is 1. The first-order valence-electron chi connectivity index (χ1n) is 12.2. The van der Waals surface area contributed by atoms with Gasteiger partial charge in [0.25, 0.3) is 5.91 Å². The van der Waals surface area contributed by atoms with Gasteiger partial charge < -0.3 is 15.0 Å². The van der Waals surface area contributed by atoms with Crippen molar-refractivity contribution in [2.24, 2.45) is 0 Å². The lowest BCUT2D eigenvalue weighted by Gasteiger charge is -2.31. The Bertz CT molecular complexity index is 1660. The number of ether oxygens (including phenoxy) is 1. The lowest BCUT2D eigenvalue weighted by Crippen LogP contribution is -2.34. The number of amides is 1. The van der Waals surface area contributed by atoms with Gasteiger partial charge >= 0.3 is 0 Å². The van der Waals surface area contributed by atoms with Gasteiger partial charge in [-0.05, 0) is 47.5 Å². The number of rotatable bonds is 4. The van der Waals surface area contributed by atoms with Crippen LogP contribution in [0.5, 0.6) is 0 Å². The SMILES string of the molecule is O=C(NCc1cc2nc(N3CC(F)Cc4cccnc43)ccc2cn1)c1ccc2c(c1)S(=O)(=O)CCOC2. The smallest absolute Gasteiger partial charge is 0.251 e. The highest BCUT2D eigenvalue weighted by atomic mass is 32.2. The molecule has 0 bridgehead atoms. The highest BCUT2D eigenvalue weighted by molar-refractivity contribution is 7.91. The van der Waals surface area contributed by atoms with E-state index in [0.717, 1.165) is 10.9 Å². The van der Waals surface area contributed by atoms with Gasteiger partial charge in [0.1, 0.15) is 17.8 Å². The minimum absolute atomic E-state index is 0.119. The van der Waals surface area contributed by atoms with E-state index < -0.39 is 21.9 Å². The fraction of sp³-hybridized carbons (Fsp3) is 0.259. The largest absolute Gasteiger partial charge is 0.376 e. The van der Waals surface area contributed by atoms with E-state index in [-0.39, 0.29) is 42.5 Å². The quantitative estimate of drug-likeness (QED) is 0.425. The van der Waals surface area contributed by atoms with E-state index in [2.05, 4.69) is 15.3 Å². The number of nitrogens with zero attached hydrogens (tertiary/aromatic N) is 4. The summed E-state index contributed by atoms with van der Waals surface area (Å²) < 4.78 is 44.9. The second-order valence-electron chi connectivity index (χ2n) is 9.31. The van der Waals surface area contributed by atoms with Crippen LogP contribution < -0.4 is 10.2 Å². The van der Waals surface area contributed by atoms with E-state index in [1.54, 1.807) is 41.6 Å². The maximum Gasteiger partial charge on any atom is 0.251 e. The molecule has 5 heterocycles. The summed E-state index contributed by atoms with van der Waals surface area (Å²) in [5.41, 5.74) is 2.85. The van der Waals surface area contributed by atoms with Crippen LogP contribution in [0.3, 0.4) is 0 Å². The minimum atomic E-state index is -3.52. The topological polar surface area (TPSA) is 114 Å². The van der Waals surface area contributed by atoms with Crippen LogP contribution in [0.25, 0.3) is 10.9 Å². The third kappa shape index (κ3) is 4.70. The molecule has 6 rings (SSSR count). The monoisotopic (exact) mass is 533 g/mol. The van der Waals surface area contributed by atoms with Crippen molar-refractivity contribution >= 4 is 38.3 Å². The lowest BCUT2D eigenvalue weighted by molar-refractivity contribution is 0.0950. The van der Waals surface area contributed by atoms with E-state index in [4.69, 9.17) is 9.72 Å². The van der Waals surface area contributed by atoms with E-state index in [0.29, 0.717) is 34.8 Å². The van der Waals surface area contributed by atoms with E-state index in [1.165, 1.54) is 6.07 Å². The van der Waals surface area contributed by atoms with E-state index in [1.807, 2.05) is 18.2 Å². The first-order valence-corrected chi connectivity index (χ1v) is 13.9. The van der Waals surface area contributed by atoms with Crippen molar-refractivity contribution < 1.29 is 22.3 Å². The van der Waals surface area contributed by atoms with Crippen LogP contribution in [0.1, 0.15) is 27.2 Å². The van der Waals surface area contributed by atoms with Crippen LogP contribution >= 0.6 is 0 Å². The molecule has 0 fully saturated rings. The minimum Gasteiger partial charge on any atom is -0.376 e. The fourth-order valence-corrected chi connectivity index (χ4v) is 6.14. The number of anilines is 2. The first-order chi connectivity index (χ1) is 18.4. The number of hydrogen-bond acceptors (Lipinski definition) is 8. The predicted molar refractivity (Wildman–Crippen MR) is 139 cm³/mol. The highest BCUT2D eigenvalue weighted by Gasteiger charge is 2.27. The number of sulfone groups is 1. The number of benzene rings is 1. The molecule has 3 aromatic heterocycles. The fourth-order valence-electron chi connectivity index (χ4n) is 4.75. The number of aromatic nitrogens is 3. The summed E-state index contributed by atoms with van der Waals surface area (Å²) in [7, 11) is -3.52. The number of carbonyl (C=O) groups excluding carboxylic acids is 1. The molecule has 0 saturated heterocycles. The molecule has 38 heavy (non-hydrogen) atoms. The summed E-state index contributed by atoms with van der Waals surface area (Å²) in [4.78, 5) is 28.4. The van der Waals surface area contributed by atoms with Crippen molar-refractivity contribution in [3.05, 3.63) is 83.3 Å². The third-order valence-corrected chi connectivity index (χ3v) is 8.44. The molecule has 1 unspecified atom stereocenters. The van der Waals surface area contributed by atoms with Gasteiger partial charge in [0.2, 0.25) is 0 Å². The molecule has 4 aromatic rings. The molecule has 0 radical (unpaired) electrons. The molecule has 0 aliphatic carbocycles. The zero-order chi connectivity index (χ0) is 26.3. The molecule has 1 atom stereocenters. The van der Waals surface area contributed by atoms with Crippen molar-refractivity contribution in [2.75, 3.05) is 23.8 Å². The molecule has 1 aromatic carbocycles. The molecular formula is C27H24FN5O4S. The van der Waals surface area contributed by atoms with Gasteiger partial charge in [-0.15, -0.1) is 0 Å². The van der Waals surface area contributed by atoms with Gasteiger partial charge in [-0.2, -0.15) is 0 Å². The summed E-state index contributed by atoms with van der Waals surface area (Å²) in [6.45, 7) is 0.599. The van der Waals surface area contributed by atoms with Crippen LogP contribution in [0.2, 0.25) is 0 Å². The van der Waals surface area contributed by atoms with Gasteiger partial charge in [0.05, 0.1) is 48.2 Å². The molecule has 194 valence electrons. The van der Waals surface area contributed by atoms with Crippen LogP contribution in [-0.4, -0.2) is 54.4 Å². The van der Waals surface area contributed by atoms with Crippen LogP contribution in [0.4, 0.5) is 16.0 Å². The predicted octanol–water partition coefficient (Wildman–Crippen LogP) is 3.29. The maximum absolute atomic E-state index is 14.5. The molecule has 11 heteroatoms. The Hall–Kier alpha value is -3.96. The van der Waals surface area contributed by atoms with Crippen LogP contribution in [-0.2, 0) is 34.1 Å². The number of nitrogens with one attached hydrogen (secondary N) is 1. The molecule has 2 aliphatic rings. The Kier molecular flexibility index (Phi) is 6.24. The van der Waals surface area contributed by atoms with Gasteiger partial charge in [0, 0.05) is 29.8 Å². The average molecular weight is 534 g/mol. The van der Waals surface area contributed by atoms with Crippen LogP contribution in [0.15, 0.2) is 65.8 Å². The number of carbonyl (C=O) groups is 1. The summed E-state index contributed by atoms with van der Waals surface area (Å²) in [5, 5.41) is 3.60. The summed E-state index contributed by atoms with van der Waals surface area (Å²) >= 11 is 0. The molecule has 1 N–H and O–H groups in total.